The zero-order chi connectivity index (χ0) is 38.4. The van der Waals surface area contributed by atoms with Gasteiger partial charge in [0.1, 0.15) is 5.75 Å². The van der Waals surface area contributed by atoms with Crippen molar-refractivity contribution in [3.05, 3.63) is 83.4 Å². The van der Waals surface area contributed by atoms with Crippen molar-refractivity contribution < 1.29 is 14.3 Å². The molecule has 3 aromatic rings. The molecular formula is C44H64N6O3. The molecule has 9 heteroatoms. The van der Waals surface area contributed by atoms with Gasteiger partial charge in [0.2, 0.25) is 5.91 Å². The molecule has 1 unspecified atom stereocenters. The van der Waals surface area contributed by atoms with Crippen molar-refractivity contribution in [2.75, 3.05) is 53.3 Å². The molecule has 0 bridgehead atoms. The van der Waals surface area contributed by atoms with Gasteiger partial charge in [-0.05, 0) is 86.4 Å². The molecular weight excluding hydrogens is 661 g/mol. The van der Waals surface area contributed by atoms with E-state index in [9.17, 15) is 9.59 Å². The first-order valence-corrected chi connectivity index (χ1v) is 19.5. The fourth-order valence-corrected chi connectivity index (χ4v) is 9.08. The van der Waals surface area contributed by atoms with Crippen LogP contribution in [0.25, 0.3) is 11.1 Å². The van der Waals surface area contributed by atoms with Crippen LogP contribution >= 0.6 is 0 Å². The van der Waals surface area contributed by atoms with Gasteiger partial charge in [0.25, 0.3) is 5.91 Å². The molecule has 2 fully saturated rings. The maximum Gasteiger partial charge on any atom is 0.251 e. The number of nitrogens with two attached hydrogens (primary N) is 1. The van der Waals surface area contributed by atoms with Gasteiger partial charge in [-0.1, -0.05) is 82.6 Å². The Balaban J connectivity index is 1.39. The number of hydrogen-bond donors (Lipinski definition) is 3. The van der Waals surface area contributed by atoms with E-state index in [0.29, 0.717) is 43.5 Å². The summed E-state index contributed by atoms with van der Waals surface area (Å²) >= 11 is 0. The summed E-state index contributed by atoms with van der Waals surface area (Å²) in [4.78, 5) is 34.3. The SMILES string of the molecule is CC[C@H]1[C@H](C)[C@@H](NC(=O)[C@@H]2C[C@H](N)CN2Cc2cccc(-c3cc(C(=O)NC(Cc4ccccc4)CN(C)C)cc(N(C)C)c3)c2OC)CCC1(C)C. The van der Waals surface area contributed by atoms with Gasteiger partial charge in [-0.25, -0.2) is 0 Å². The number of amides is 2. The maximum atomic E-state index is 14.0. The molecule has 2 amide bonds. The third-order valence-electron chi connectivity index (χ3n) is 11.8. The molecule has 1 aliphatic carbocycles. The van der Waals surface area contributed by atoms with Gasteiger partial charge in [0, 0.05) is 74.2 Å². The molecule has 1 saturated carbocycles. The lowest BCUT2D eigenvalue weighted by molar-refractivity contribution is -0.127. The topological polar surface area (TPSA) is 103 Å². The van der Waals surface area contributed by atoms with Crippen molar-refractivity contribution >= 4 is 17.5 Å². The Morgan fingerprint density at radius 3 is 2.43 bits per heavy atom. The molecule has 3 aromatic carbocycles. The van der Waals surface area contributed by atoms with Crippen LogP contribution in [0.15, 0.2) is 66.7 Å². The second kappa shape index (κ2) is 17.5. The maximum absolute atomic E-state index is 14.0. The number of hydrogen-bond acceptors (Lipinski definition) is 7. The van der Waals surface area contributed by atoms with E-state index >= 15 is 0 Å². The number of benzene rings is 3. The molecule has 53 heavy (non-hydrogen) atoms. The fraction of sp³-hybridized carbons (Fsp3) is 0.545. The van der Waals surface area contributed by atoms with Crippen LogP contribution in [0.4, 0.5) is 5.69 Å². The number of para-hydroxylation sites is 1. The number of nitrogens with one attached hydrogen (secondary N) is 2. The van der Waals surface area contributed by atoms with E-state index < -0.39 is 0 Å². The number of methoxy groups -OCH3 is 1. The molecule has 1 aliphatic heterocycles. The van der Waals surface area contributed by atoms with E-state index in [1.54, 1.807) is 7.11 Å². The van der Waals surface area contributed by atoms with E-state index in [4.69, 9.17) is 10.5 Å². The lowest BCUT2D eigenvalue weighted by Gasteiger charge is -2.47. The highest BCUT2D eigenvalue weighted by Crippen LogP contribution is 2.46. The van der Waals surface area contributed by atoms with Crippen molar-refractivity contribution in [3.63, 3.8) is 0 Å². The van der Waals surface area contributed by atoms with Crippen molar-refractivity contribution in [1.82, 2.24) is 20.4 Å². The van der Waals surface area contributed by atoms with Gasteiger partial charge in [-0.3, -0.25) is 14.5 Å². The number of likely N-dealkylation sites (N-methyl/N-ethyl adjacent to an activating group) is 1. The van der Waals surface area contributed by atoms with Crippen LogP contribution in [0, 0.1) is 17.3 Å². The predicted molar refractivity (Wildman–Crippen MR) is 217 cm³/mol. The third kappa shape index (κ3) is 9.80. The number of nitrogens with zero attached hydrogens (tertiary/aromatic N) is 3. The zero-order valence-electron chi connectivity index (χ0n) is 33.6. The first kappa shape index (κ1) is 40.3. The summed E-state index contributed by atoms with van der Waals surface area (Å²) in [6.07, 6.45) is 4.59. The highest BCUT2D eigenvalue weighted by molar-refractivity contribution is 5.97. The smallest absolute Gasteiger partial charge is 0.251 e. The second-order valence-corrected chi connectivity index (χ2v) is 16.7. The number of likely N-dealkylation sites (tertiary alicyclic amines) is 1. The molecule has 0 aromatic heterocycles. The van der Waals surface area contributed by atoms with Crippen LogP contribution < -0.4 is 26.0 Å². The van der Waals surface area contributed by atoms with Gasteiger partial charge in [-0.2, -0.15) is 0 Å². The van der Waals surface area contributed by atoms with Crippen molar-refractivity contribution in [1.29, 1.82) is 0 Å². The minimum Gasteiger partial charge on any atom is -0.496 e. The quantitative estimate of drug-likeness (QED) is 0.182. The Morgan fingerprint density at radius 1 is 1.04 bits per heavy atom. The largest absolute Gasteiger partial charge is 0.496 e. The average Bonchev–Trinajstić information content (AvgIpc) is 3.49. The highest BCUT2D eigenvalue weighted by atomic mass is 16.5. The molecule has 9 nitrogen and oxygen atoms in total. The second-order valence-electron chi connectivity index (χ2n) is 16.7. The molecule has 0 radical (unpaired) electrons. The van der Waals surface area contributed by atoms with E-state index in [1.165, 1.54) is 5.56 Å². The van der Waals surface area contributed by atoms with Crippen LogP contribution in [0.2, 0.25) is 0 Å². The van der Waals surface area contributed by atoms with Crippen LogP contribution in [0.1, 0.15) is 74.9 Å². The first-order valence-electron chi connectivity index (χ1n) is 19.5. The third-order valence-corrected chi connectivity index (χ3v) is 11.8. The number of carbonyl (C=O) groups excluding carboxylic acids is 2. The van der Waals surface area contributed by atoms with E-state index in [1.807, 2.05) is 75.6 Å². The standard InChI is InChI=1S/C44H64N6O3/c1-10-38-29(2)39(19-20-44(38,3)4)47-43(52)40-25-34(45)27-50(40)26-31-17-14-18-37(41(31)53-9)32-22-33(24-36(23-32)49(7)8)42(51)46-35(28-48(5)6)21-30-15-12-11-13-16-30/h11-18,22-24,29,34-35,38-40H,10,19-21,25-28,45H2,1-9H3,(H,46,51)(H,47,52)/t29-,34-,35?,38-,39-,40-/m0/s1. The Labute approximate surface area is 318 Å². The van der Waals surface area contributed by atoms with E-state index in [-0.39, 0.29) is 41.4 Å². The summed E-state index contributed by atoms with van der Waals surface area (Å²) in [6.45, 7) is 11.2. The summed E-state index contributed by atoms with van der Waals surface area (Å²) in [7, 11) is 9.71. The highest BCUT2D eigenvalue weighted by Gasteiger charge is 2.43. The lowest BCUT2D eigenvalue weighted by atomic mass is 9.61. The molecule has 4 N–H and O–H groups in total. The summed E-state index contributed by atoms with van der Waals surface area (Å²) in [5.74, 6) is 1.68. The number of carbonyl (C=O) groups is 2. The lowest BCUT2D eigenvalue weighted by Crippen LogP contribution is -2.53. The Kier molecular flexibility index (Phi) is 13.3. The van der Waals surface area contributed by atoms with Crippen LogP contribution in [-0.4, -0.2) is 94.2 Å². The van der Waals surface area contributed by atoms with E-state index in [2.05, 4.69) is 72.4 Å². The summed E-state index contributed by atoms with van der Waals surface area (Å²) in [5.41, 5.74) is 12.3. The van der Waals surface area contributed by atoms with Gasteiger partial charge in [0.05, 0.1) is 13.2 Å². The molecule has 5 rings (SSSR count). The molecule has 1 heterocycles. The van der Waals surface area contributed by atoms with Crippen LogP contribution in [0.5, 0.6) is 5.75 Å². The Bertz CT molecular complexity index is 1690. The average molecular weight is 725 g/mol. The molecule has 1 saturated heterocycles. The van der Waals surface area contributed by atoms with Gasteiger partial charge >= 0.3 is 0 Å². The Morgan fingerprint density at radius 2 is 1.77 bits per heavy atom. The van der Waals surface area contributed by atoms with Crippen LogP contribution in [0.3, 0.4) is 0 Å². The summed E-state index contributed by atoms with van der Waals surface area (Å²) in [5, 5.41) is 6.79. The summed E-state index contributed by atoms with van der Waals surface area (Å²) in [6, 6.07) is 22.1. The van der Waals surface area contributed by atoms with Crippen molar-refractivity contribution in [2.45, 2.75) is 90.5 Å². The minimum absolute atomic E-state index is 0.0672. The molecule has 288 valence electrons. The monoisotopic (exact) mass is 725 g/mol. The molecule has 0 spiro atoms. The van der Waals surface area contributed by atoms with Crippen molar-refractivity contribution in [3.8, 4) is 16.9 Å². The van der Waals surface area contributed by atoms with E-state index in [0.717, 1.165) is 53.8 Å². The first-order chi connectivity index (χ1) is 25.2. The zero-order valence-corrected chi connectivity index (χ0v) is 33.6. The van der Waals surface area contributed by atoms with Gasteiger partial charge < -0.3 is 30.9 Å². The minimum atomic E-state index is -0.307. The number of rotatable bonds is 14. The number of anilines is 1. The van der Waals surface area contributed by atoms with Crippen LogP contribution in [-0.2, 0) is 17.8 Å². The number of ether oxygens (including phenoxy) is 1. The normalized spacial score (nSPS) is 23.4. The predicted octanol–water partition coefficient (Wildman–Crippen LogP) is 6.20. The fourth-order valence-electron chi connectivity index (χ4n) is 9.08. The van der Waals surface area contributed by atoms with Crippen molar-refractivity contribution in [2.24, 2.45) is 23.0 Å². The summed E-state index contributed by atoms with van der Waals surface area (Å²) < 4.78 is 6.14. The molecule has 6 atom stereocenters. The Hall–Kier alpha value is -3.92. The molecule has 2 aliphatic rings. The van der Waals surface area contributed by atoms with Gasteiger partial charge in [0.15, 0.2) is 0 Å². The van der Waals surface area contributed by atoms with Gasteiger partial charge in [-0.15, -0.1) is 0 Å².